The van der Waals surface area contributed by atoms with Gasteiger partial charge in [0, 0.05) is 13.1 Å². The summed E-state index contributed by atoms with van der Waals surface area (Å²) in [7, 11) is 0. The SMILES string of the molecule is CC(C)(C)C1CCN(c2n[nH]c(N)n2)C1. The van der Waals surface area contributed by atoms with E-state index in [0.29, 0.717) is 17.3 Å². The summed E-state index contributed by atoms with van der Waals surface area (Å²) in [4.78, 5) is 6.34. The summed E-state index contributed by atoms with van der Waals surface area (Å²) in [6, 6.07) is 0. The molecule has 0 aliphatic carbocycles. The molecule has 5 nitrogen and oxygen atoms in total. The summed E-state index contributed by atoms with van der Waals surface area (Å²) in [5.41, 5.74) is 5.87. The Morgan fingerprint density at radius 2 is 2.20 bits per heavy atom. The molecule has 84 valence electrons. The first-order chi connectivity index (χ1) is 6.97. The molecule has 0 bridgehead atoms. The molecule has 0 saturated carbocycles. The highest BCUT2D eigenvalue weighted by molar-refractivity contribution is 5.35. The lowest BCUT2D eigenvalue weighted by atomic mass is 9.80. The van der Waals surface area contributed by atoms with Gasteiger partial charge in [-0.3, -0.25) is 0 Å². The van der Waals surface area contributed by atoms with Crippen LogP contribution >= 0.6 is 0 Å². The Bertz CT molecular complexity index is 338. The quantitative estimate of drug-likeness (QED) is 0.730. The molecule has 2 heterocycles. The third kappa shape index (κ3) is 2.06. The van der Waals surface area contributed by atoms with Gasteiger partial charge < -0.3 is 10.6 Å². The molecule has 5 heteroatoms. The summed E-state index contributed by atoms with van der Waals surface area (Å²) in [5, 5.41) is 6.75. The van der Waals surface area contributed by atoms with Gasteiger partial charge in [-0.1, -0.05) is 20.8 Å². The molecule has 1 saturated heterocycles. The predicted molar refractivity (Wildman–Crippen MR) is 60.6 cm³/mol. The van der Waals surface area contributed by atoms with Crippen molar-refractivity contribution < 1.29 is 0 Å². The standard InChI is InChI=1S/C10H19N5/c1-10(2,3)7-4-5-15(6-7)9-12-8(11)13-14-9/h7H,4-6H2,1-3H3,(H3,11,12,13,14). The molecule has 0 spiro atoms. The monoisotopic (exact) mass is 209 g/mol. The number of hydrogen-bond acceptors (Lipinski definition) is 4. The maximum atomic E-state index is 5.51. The van der Waals surface area contributed by atoms with Crippen LogP contribution in [0.15, 0.2) is 0 Å². The highest BCUT2D eigenvalue weighted by atomic mass is 15.4. The molecule has 1 atom stereocenters. The molecule has 1 aromatic rings. The minimum atomic E-state index is 0.358. The molecule has 15 heavy (non-hydrogen) atoms. The molecule has 0 amide bonds. The van der Waals surface area contributed by atoms with E-state index in [1.165, 1.54) is 6.42 Å². The van der Waals surface area contributed by atoms with Crippen molar-refractivity contribution in [2.75, 3.05) is 23.7 Å². The second kappa shape index (κ2) is 3.40. The van der Waals surface area contributed by atoms with Gasteiger partial charge in [0.05, 0.1) is 0 Å². The Balaban J connectivity index is 2.04. The predicted octanol–water partition coefficient (Wildman–Crippen LogP) is 1.26. The summed E-state index contributed by atoms with van der Waals surface area (Å²) in [6.07, 6.45) is 1.21. The number of nitrogens with zero attached hydrogens (tertiary/aromatic N) is 3. The molecule has 1 aromatic heterocycles. The van der Waals surface area contributed by atoms with Crippen LogP contribution < -0.4 is 10.6 Å². The van der Waals surface area contributed by atoms with Crippen molar-refractivity contribution in [1.82, 2.24) is 15.2 Å². The first-order valence-electron chi connectivity index (χ1n) is 5.39. The van der Waals surface area contributed by atoms with Crippen molar-refractivity contribution in [2.45, 2.75) is 27.2 Å². The number of aromatic nitrogens is 3. The number of H-pyrrole nitrogens is 1. The van der Waals surface area contributed by atoms with E-state index in [1.807, 2.05) is 0 Å². The van der Waals surface area contributed by atoms with Crippen LogP contribution in [0.4, 0.5) is 11.9 Å². The Labute approximate surface area is 90.1 Å². The Hall–Kier alpha value is -1.26. The van der Waals surface area contributed by atoms with Crippen LogP contribution in [0, 0.1) is 11.3 Å². The fraction of sp³-hybridized carbons (Fsp3) is 0.800. The zero-order valence-corrected chi connectivity index (χ0v) is 9.62. The number of aromatic amines is 1. The molecule has 3 N–H and O–H groups in total. The van der Waals surface area contributed by atoms with Gasteiger partial charge in [0.1, 0.15) is 0 Å². The first-order valence-corrected chi connectivity index (χ1v) is 5.39. The Morgan fingerprint density at radius 1 is 1.47 bits per heavy atom. The van der Waals surface area contributed by atoms with E-state index in [-0.39, 0.29) is 0 Å². The lowest BCUT2D eigenvalue weighted by Gasteiger charge is -2.26. The van der Waals surface area contributed by atoms with E-state index in [0.717, 1.165) is 19.0 Å². The van der Waals surface area contributed by atoms with Crippen molar-refractivity contribution in [2.24, 2.45) is 11.3 Å². The highest BCUT2D eigenvalue weighted by Crippen LogP contribution is 2.34. The van der Waals surface area contributed by atoms with Crippen LogP contribution in [-0.4, -0.2) is 28.3 Å². The number of nitrogen functional groups attached to an aromatic ring is 1. The second-order valence-corrected chi connectivity index (χ2v) is 5.32. The van der Waals surface area contributed by atoms with E-state index < -0.39 is 0 Å². The molecule has 0 aromatic carbocycles. The van der Waals surface area contributed by atoms with Gasteiger partial charge in [-0.25, -0.2) is 5.10 Å². The Morgan fingerprint density at radius 3 is 2.67 bits per heavy atom. The molecular weight excluding hydrogens is 190 g/mol. The van der Waals surface area contributed by atoms with Crippen molar-refractivity contribution >= 4 is 11.9 Å². The van der Waals surface area contributed by atoms with Gasteiger partial charge in [-0.15, -0.1) is 5.10 Å². The third-order valence-electron chi connectivity index (χ3n) is 3.19. The van der Waals surface area contributed by atoms with Crippen LogP contribution in [0.2, 0.25) is 0 Å². The van der Waals surface area contributed by atoms with Gasteiger partial charge in [-0.05, 0) is 17.8 Å². The fourth-order valence-corrected chi connectivity index (χ4v) is 2.06. The van der Waals surface area contributed by atoms with E-state index in [2.05, 4.69) is 40.9 Å². The minimum Gasteiger partial charge on any atom is -0.368 e. The highest BCUT2D eigenvalue weighted by Gasteiger charge is 2.32. The van der Waals surface area contributed by atoms with Crippen LogP contribution in [0.25, 0.3) is 0 Å². The van der Waals surface area contributed by atoms with Gasteiger partial charge in [0.25, 0.3) is 0 Å². The molecule has 1 aliphatic heterocycles. The maximum Gasteiger partial charge on any atom is 0.246 e. The zero-order chi connectivity index (χ0) is 11.1. The zero-order valence-electron chi connectivity index (χ0n) is 9.62. The molecule has 1 fully saturated rings. The second-order valence-electron chi connectivity index (χ2n) is 5.32. The molecule has 2 rings (SSSR count). The lowest BCUT2D eigenvalue weighted by molar-refractivity contribution is 0.263. The average molecular weight is 209 g/mol. The van der Waals surface area contributed by atoms with E-state index in [4.69, 9.17) is 5.73 Å². The lowest BCUT2D eigenvalue weighted by Crippen LogP contribution is -2.26. The normalized spacial score (nSPS) is 22.3. The van der Waals surface area contributed by atoms with Crippen molar-refractivity contribution in [3.05, 3.63) is 0 Å². The summed E-state index contributed by atoms with van der Waals surface area (Å²) in [6.45, 7) is 8.91. The minimum absolute atomic E-state index is 0.358. The van der Waals surface area contributed by atoms with Gasteiger partial charge in [0.2, 0.25) is 11.9 Å². The molecular formula is C10H19N5. The largest absolute Gasteiger partial charge is 0.368 e. The molecule has 1 aliphatic rings. The third-order valence-corrected chi connectivity index (χ3v) is 3.19. The van der Waals surface area contributed by atoms with E-state index >= 15 is 0 Å². The fourth-order valence-electron chi connectivity index (χ4n) is 2.06. The van der Waals surface area contributed by atoms with Crippen molar-refractivity contribution in [1.29, 1.82) is 0 Å². The summed E-state index contributed by atoms with van der Waals surface area (Å²) < 4.78 is 0. The molecule has 1 unspecified atom stereocenters. The van der Waals surface area contributed by atoms with E-state index in [9.17, 15) is 0 Å². The van der Waals surface area contributed by atoms with Crippen LogP contribution in [-0.2, 0) is 0 Å². The van der Waals surface area contributed by atoms with Crippen LogP contribution in [0.3, 0.4) is 0 Å². The molecule has 0 radical (unpaired) electrons. The average Bonchev–Trinajstić information content (AvgIpc) is 2.69. The smallest absolute Gasteiger partial charge is 0.246 e. The Kier molecular flexibility index (Phi) is 2.32. The number of hydrogen-bond donors (Lipinski definition) is 2. The van der Waals surface area contributed by atoms with Crippen molar-refractivity contribution in [3.63, 3.8) is 0 Å². The maximum absolute atomic E-state index is 5.51. The number of anilines is 2. The topological polar surface area (TPSA) is 70.8 Å². The van der Waals surface area contributed by atoms with Crippen LogP contribution in [0.5, 0.6) is 0 Å². The van der Waals surface area contributed by atoms with Crippen molar-refractivity contribution in [3.8, 4) is 0 Å². The van der Waals surface area contributed by atoms with Gasteiger partial charge in [0.15, 0.2) is 0 Å². The number of nitrogens with one attached hydrogen (secondary N) is 1. The van der Waals surface area contributed by atoms with E-state index in [1.54, 1.807) is 0 Å². The summed E-state index contributed by atoms with van der Waals surface area (Å²) >= 11 is 0. The van der Waals surface area contributed by atoms with Gasteiger partial charge >= 0.3 is 0 Å². The first kappa shape index (κ1) is 10.3. The number of nitrogens with two attached hydrogens (primary N) is 1. The number of rotatable bonds is 1. The van der Waals surface area contributed by atoms with Crippen LogP contribution in [0.1, 0.15) is 27.2 Å². The summed E-state index contributed by atoms with van der Waals surface area (Å²) in [5.74, 6) is 1.83. The van der Waals surface area contributed by atoms with Gasteiger partial charge in [-0.2, -0.15) is 4.98 Å².